The third-order valence-electron chi connectivity index (χ3n) is 6.30. The molecule has 0 radical (unpaired) electrons. The van der Waals surface area contributed by atoms with Crippen LogP contribution in [-0.4, -0.2) is 83.8 Å². The van der Waals surface area contributed by atoms with Crippen molar-refractivity contribution in [1.29, 1.82) is 0 Å². The van der Waals surface area contributed by atoms with Gasteiger partial charge in [-0.2, -0.15) is 0 Å². The Morgan fingerprint density at radius 1 is 1.41 bits per heavy atom. The fourth-order valence-electron chi connectivity index (χ4n) is 4.24. The Hall–Kier alpha value is -2.45. The minimum Gasteiger partial charge on any atom is -0.472 e. The Balaban J connectivity index is 1.88. The zero-order valence-electron chi connectivity index (χ0n) is 19.5. The van der Waals surface area contributed by atoms with Crippen molar-refractivity contribution in [3.8, 4) is 5.88 Å². The largest absolute Gasteiger partial charge is 0.472 e. The van der Waals surface area contributed by atoms with Crippen LogP contribution in [0.5, 0.6) is 5.88 Å². The van der Waals surface area contributed by atoms with E-state index in [9.17, 15) is 14.7 Å². The summed E-state index contributed by atoms with van der Waals surface area (Å²) in [6, 6.07) is 1.43. The van der Waals surface area contributed by atoms with E-state index in [1.165, 1.54) is 0 Å². The highest BCUT2D eigenvalue weighted by Gasteiger charge is 2.35. The Kier molecular flexibility index (Phi) is 8.26. The van der Waals surface area contributed by atoms with Gasteiger partial charge in [-0.1, -0.05) is 19.1 Å². The molecule has 1 saturated heterocycles. The highest BCUT2D eigenvalue weighted by atomic mass is 16.5. The fourth-order valence-corrected chi connectivity index (χ4v) is 4.24. The number of carbonyl (C=O) groups is 2. The van der Waals surface area contributed by atoms with Crippen LogP contribution in [0.3, 0.4) is 0 Å². The highest BCUT2D eigenvalue weighted by molar-refractivity contribution is 5.97. The van der Waals surface area contributed by atoms with E-state index in [1.54, 1.807) is 29.1 Å². The zero-order chi connectivity index (χ0) is 23.3. The second-order valence-corrected chi connectivity index (χ2v) is 8.85. The number of likely N-dealkylation sites (N-methyl/N-ethyl adjacent to an activating group) is 1. The molecule has 2 aliphatic heterocycles. The molecule has 176 valence electrons. The third kappa shape index (κ3) is 5.48. The molecule has 32 heavy (non-hydrogen) atoms. The van der Waals surface area contributed by atoms with Gasteiger partial charge in [-0.25, -0.2) is 4.98 Å². The number of fused-ring (bicyclic) bond motifs is 1. The first-order valence-corrected chi connectivity index (χ1v) is 11.4. The number of hydrogen-bond donors (Lipinski definition) is 1. The molecular formula is C24H35N3O5. The average Bonchev–Trinajstić information content (AvgIpc) is 2.81. The maximum absolute atomic E-state index is 13.3. The molecule has 2 amide bonds. The molecule has 1 N–H and O–H groups in total. The highest BCUT2D eigenvalue weighted by Crippen LogP contribution is 2.28. The van der Waals surface area contributed by atoms with Gasteiger partial charge < -0.3 is 24.4 Å². The molecule has 0 bridgehead atoms. The number of aliphatic hydroxyl groups is 1. The SMILES string of the molecule is CC=Cc1cnc2c(c1)C(=O)N([C@H](C)CO)C[C@@H](C)[C@@H](CN(C)C(=O)C1CCOCC1)O2. The van der Waals surface area contributed by atoms with Gasteiger partial charge in [0, 0.05) is 44.8 Å². The maximum atomic E-state index is 13.3. The molecule has 0 aliphatic carbocycles. The van der Waals surface area contributed by atoms with E-state index in [2.05, 4.69) is 4.98 Å². The summed E-state index contributed by atoms with van der Waals surface area (Å²) in [4.78, 5) is 34.1. The lowest BCUT2D eigenvalue weighted by Crippen LogP contribution is -2.51. The molecular weight excluding hydrogens is 410 g/mol. The van der Waals surface area contributed by atoms with E-state index >= 15 is 0 Å². The average molecular weight is 446 g/mol. The predicted molar refractivity (Wildman–Crippen MR) is 121 cm³/mol. The lowest BCUT2D eigenvalue weighted by molar-refractivity contribution is -0.138. The molecule has 1 aromatic heterocycles. The van der Waals surface area contributed by atoms with Crippen LogP contribution in [0.1, 0.15) is 49.5 Å². The van der Waals surface area contributed by atoms with Gasteiger partial charge in [0.2, 0.25) is 11.8 Å². The van der Waals surface area contributed by atoms with E-state index in [-0.39, 0.29) is 48.3 Å². The summed E-state index contributed by atoms with van der Waals surface area (Å²) >= 11 is 0. The number of aromatic nitrogens is 1. The molecule has 3 heterocycles. The summed E-state index contributed by atoms with van der Waals surface area (Å²) in [5.74, 6) is 0.0561. The molecule has 0 saturated carbocycles. The van der Waals surface area contributed by atoms with Crippen molar-refractivity contribution in [1.82, 2.24) is 14.8 Å². The molecule has 8 nitrogen and oxygen atoms in total. The summed E-state index contributed by atoms with van der Waals surface area (Å²) in [7, 11) is 1.80. The Labute approximate surface area is 190 Å². The number of ether oxygens (including phenoxy) is 2. The molecule has 3 atom stereocenters. The Morgan fingerprint density at radius 3 is 2.78 bits per heavy atom. The van der Waals surface area contributed by atoms with E-state index in [0.717, 1.165) is 18.4 Å². The number of carbonyl (C=O) groups excluding carboxylic acids is 2. The van der Waals surface area contributed by atoms with Gasteiger partial charge in [-0.3, -0.25) is 9.59 Å². The topological polar surface area (TPSA) is 92.2 Å². The molecule has 8 heteroatoms. The first-order valence-electron chi connectivity index (χ1n) is 11.4. The van der Waals surface area contributed by atoms with Crippen molar-refractivity contribution in [3.63, 3.8) is 0 Å². The van der Waals surface area contributed by atoms with Crippen molar-refractivity contribution >= 4 is 17.9 Å². The van der Waals surface area contributed by atoms with Crippen LogP contribution in [0.4, 0.5) is 0 Å². The van der Waals surface area contributed by atoms with Gasteiger partial charge in [0.1, 0.15) is 11.7 Å². The van der Waals surface area contributed by atoms with Gasteiger partial charge in [0.25, 0.3) is 5.91 Å². The first kappa shape index (κ1) is 24.2. The van der Waals surface area contributed by atoms with Crippen LogP contribution in [0.25, 0.3) is 6.08 Å². The van der Waals surface area contributed by atoms with E-state index in [1.807, 2.05) is 32.9 Å². The van der Waals surface area contributed by atoms with Crippen LogP contribution in [0.2, 0.25) is 0 Å². The van der Waals surface area contributed by atoms with Crippen LogP contribution < -0.4 is 4.74 Å². The number of hydrogen-bond acceptors (Lipinski definition) is 6. The van der Waals surface area contributed by atoms with Gasteiger partial charge in [0.05, 0.1) is 19.2 Å². The number of pyridine rings is 1. The zero-order valence-corrected chi connectivity index (χ0v) is 19.5. The van der Waals surface area contributed by atoms with Crippen molar-refractivity contribution in [3.05, 3.63) is 29.5 Å². The summed E-state index contributed by atoms with van der Waals surface area (Å²) < 4.78 is 11.6. The summed E-state index contributed by atoms with van der Waals surface area (Å²) in [6.45, 7) is 7.63. The summed E-state index contributed by atoms with van der Waals surface area (Å²) in [5, 5.41) is 9.75. The molecule has 1 aromatic rings. The van der Waals surface area contributed by atoms with Crippen molar-refractivity contribution in [2.24, 2.45) is 11.8 Å². The van der Waals surface area contributed by atoms with Crippen LogP contribution in [-0.2, 0) is 9.53 Å². The lowest BCUT2D eigenvalue weighted by atomic mass is 9.97. The summed E-state index contributed by atoms with van der Waals surface area (Å²) in [6.07, 6.45) is 6.56. The molecule has 1 fully saturated rings. The van der Waals surface area contributed by atoms with E-state index in [4.69, 9.17) is 9.47 Å². The number of allylic oxidation sites excluding steroid dienone is 1. The quantitative estimate of drug-likeness (QED) is 0.722. The van der Waals surface area contributed by atoms with Gasteiger partial charge in [0.15, 0.2) is 0 Å². The Bertz CT molecular complexity index is 837. The van der Waals surface area contributed by atoms with Crippen molar-refractivity contribution < 1.29 is 24.2 Å². The lowest BCUT2D eigenvalue weighted by Gasteiger charge is -2.38. The van der Waals surface area contributed by atoms with Crippen molar-refractivity contribution in [2.45, 2.75) is 45.8 Å². The minimum absolute atomic E-state index is 0.0288. The molecule has 0 unspecified atom stereocenters. The van der Waals surface area contributed by atoms with E-state index < -0.39 is 0 Å². The van der Waals surface area contributed by atoms with Crippen LogP contribution in [0, 0.1) is 11.8 Å². The van der Waals surface area contributed by atoms with Crippen LogP contribution >= 0.6 is 0 Å². The van der Waals surface area contributed by atoms with Crippen molar-refractivity contribution in [2.75, 3.05) is 40.0 Å². The fraction of sp³-hybridized carbons (Fsp3) is 0.625. The third-order valence-corrected chi connectivity index (χ3v) is 6.30. The number of rotatable bonds is 6. The normalized spacial score (nSPS) is 23.3. The van der Waals surface area contributed by atoms with Gasteiger partial charge >= 0.3 is 0 Å². The number of aliphatic hydroxyl groups excluding tert-OH is 1. The standard InChI is InChI=1S/C24H35N3O5/c1-5-6-18-11-20-22(25-12-18)32-21(16(2)13-27(24(20)30)17(3)15-28)14-26(4)23(29)19-7-9-31-10-8-19/h5-6,11-12,16-17,19,21,28H,7-10,13-15H2,1-4H3/t16-,17-,21-/m1/s1. The van der Waals surface area contributed by atoms with Gasteiger partial charge in [-0.05, 0) is 38.3 Å². The number of amides is 2. The Morgan fingerprint density at radius 2 is 2.12 bits per heavy atom. The predicted octanol–water partition coefficient (Wildman–Crippen LogP) is 2.22. The maximum Gasteiger partial charge on any atom is 0.259 e. The monoisotopic (exact) mass is 445 g/mol. The van der Waals surface area contributed by atoms with Gasteiger partial charge in [-0.15, -0.1) is 0 Å². The molecule has 2 aliphatic rings. The first-order chi connectivity index (χ1) is 15.3. The second-order valence-electron chi connectivity index (χ2n) is 8.85. The van der Waals surface area contributed by atoms with E-state index in [0.29, 0.717) is 31.9 Å². The molecule has 3 rings (SSSR count). The minimum atomic E-state index is -0.344. The molecule has 0 aromatic carbocycles. The summed E-state index contributed by atoms with van der Waals surface area (Å²) in [5.41, 5.74) is 1.17. The second kappa shape index (κ2) is 10.9. The smallest absolute Gasteiger partial charge is 0.259 e. The number of nitrogens with zero attached hydrogens (tertiary/aromatic N) is 3. The van der Waals surface area contributed by atoms with Crippen LogP contribution in [0.15, 0.2) is 18.3 Å². The molecule has 0 spiro atoms.